The molecule has 3 rings (SSSR count). The summed E-state index contributed by atoms with van der Waals surface area (Å²) in [6, 6.07) is 14.8. The zero-order valence-electron chi connectivity index (χ0n) is 25.3. The van der Waals surface area contributed by atoms with Gasteiger partial charge >= 0.3 is 0 Å². The summed E-state index contributed by atoms with van der Waals surface area (Å²) >= 11 is 0. The van der Waals surface area contributed by atoms with Gasteiger partial charge in [0.05, 0.1) is 19.8 Å². The molecule has 0 atom stereocenters. The van der Waals surface area contributed by atoms with Crippen LogP contribution < -0.4 is 5.30 Å². The summed E-state index contributed by atoms with van der Waals surface area (Å²) in [6.07, 6.45) is 4.35. The van der Waals surface area contributed by atoms with E-state index in [-0.39, 0.29) is 5.30 Å². The summed E-state index contributed by atoms with van der Waals surface area (Å²) in [5.74, 6) is 0. The second-order valence-corrected chi connectivity index (χ2v) is 13.4. The number of rotatable bonds is 15. The number of ether oxygens (including phenoxy) is 2. The third-order valence-electron chi connectivity index (χ3n) is 7.27. The SMILES string of the molecule is C=CCOCCOCCCCc1ccc(P(=O)(C(=O)c2c(C)cc(C)cc2C)C(=O)c2c(C)cc(C)cc2C)cc1. The van der Waals surface area contributed by atoms with Crippen LogP contribution in [0.25, 0.3) is 0 Å². The fourth-order valence-corrected chi connectivity index (χ4v) is 8.03. The molecule has 218 valence electrons. The lowest BCUT2D eigenvalue weighted by molar-refractivity contribution is 0.0569. The van der Waals surface area contributed by atoms with E-state index in [1.165, 1.54) is 0 Å². The van der Waals surface area contributed by atoms with Crippen LogP contribution in [0.1, 0.15) is 72.5 Å². The first-order valence-electron chi connectivity index (χ1n) is 14.2. The molecule has 0 saturated heterocycles. The lowest BCUT2D eigenvalue weighted by atomic mass is 10.0. The Balaban J connectivity index is 1.89. The lowest BCUT2D eigenvalue weighted by Crippen LogP contribution is -2.23. The largest absolute Gasteiger partial charge is 0.379 e. The van der Waals surface area contributed by atoms with Gasteiger partial charge in [-0.2, -0.15) is 0 Å². The van der Waals surface area contributed by atoms with E-state index in [1.807, 2.05) is 77.9 Å². The Morgan fingerprint density at radius 3 is 1.63 bits per heavy atom. The van der Waals surface area contributed by atoms with Gasteiger partial charge in [0.25, 0.3) is 0 Å². The number of carbonyl (C=O) groups excluding carboxylic acids is 2. The van der Waals surface area contributed by atoms with Crippen LogP contribution in [-0.4, -0.2) is 37.5 Å². The van der Waals surface area contributed by atoms with E-state index >= 15 is 4.57 Å². The summed E-state index contributed by atoms with van der Waals surface area (Å²) in [7, 11) is -4.22. The minimum atomic E-state index is -4.22. The van der Waals surface area contributed by atoms with Crippen molar-refractivity contribution in [3.8, 4) is 0 Å². The fraction of sp³-hybridized carbons (Fsp3) is 0.371. The summed E-state index contributed by atoms with van der Waals surface area (Å²) in [5, 5.41) is 0.276. The maximum atomic E-state index is 15.0. The minimum absolute atomic E-state index is 0.276. The third kappa shape index (κ3) is 7.80. The molecule has 0 radical (unpaired) electrons. The summed E-state index contributed by atoms with van der Waals surface area (Å²) in [4.78, 5) is 28.5. The van der Waals surface area contributed by atoms with Gasteiger partial charge in [0.15, 0.2) is 0 Å². The van der Waals surface area contributed by atoms with Crippen LogP contribution in [0.3, 0.4) is 0 Å². The maximum absolute atomic E-state index is 15.0. The highest BCUT2D eigenvalue weighted by Crippen LogP contribution is 2.52. The number of benzene rings is 3. The molecule has 0 aliphatic rings. The molecule has 6 heteroatoms. The summed E-state index contributed by atoms with van der Waals surface area (Å²) in [5.41, 5.74) is 5.53. The molecule has 0 bridgehead atoms. The van der Waals surface area contributed by atoms with Crippen molar-refractivity contribution < 1.29 is 23.6 Å². The minimum Gasteiger partial charge on any atom is -0.379 e. The Morgan fingerprint density at radius 2 is 1.17 bits per heavy atom. The zero-order chi connectivity index (χ0) is 30.2. The summed E-state index contributed by atoms with van der Waals surface area (Å²) < 4.78 is 25.9. The first-order chi connectivity index (χ1) is 19.5. The van der Waals surface area contributed by atoms with Crippen LogP contribution in [0.15, 0.2) is 61.2 Å². The first kappa shape index (κ1) is 32.4. The van der Waals surface area contributed by atoms with Crippen LogP contribution >= 0.6 is 7.14 Å². The van der Waals surface area contributed by atoms with E-state index in [0.717, 1.165) is 58.2 Å². The van der Waals surface area contributed by atoms with Crippen molar-refractivity contribution in [2.24, 2.45) is 0 Å². The van der Waals surface area contributed by atoms with Gasteiger partial charge < -0.3 is 14.0 Å². The van der Waals surface area contributed by atoms with E-state index in [2.05, 4.69) is 6.58 Å². The second-order valence-electron chi connectivity index (χ2n) is 10.9. The van der Waals surface area contributed by atoms with E-state index in [0.29, 0.717) is 37.6 Å². The molecule has 0 aliphatic heterocycles. The predicted octanol–water partition coefficient (Wildman–Crippen LogP) is 7.75. The number of hydrogen-bond acceptors (Lipinski definition) is 5. The topological polar surface area (TPSA) is 69.7 Å². The molecule has 3 aromatic rings. The first-order valence-corrected chi connectivity index (χ1v) is 15.9. The normalized spacial score (nSPS) is 11.5. The zero-order valence-corrected chi connectivity index (χ0v) is 26.2. The Kier molecular flexibility index (Phi) is 11.6. The Bertz CT molecular complexity index is 1330. The molecule has 41 heavy (non-hydrogen) atoms. The van der Waals surface area contributed by atoms with Crippen molar-refractivity contribution in [3.05, 3.63) is 111 Å². The standard InChI is InChI=1S/C35H43O5P/c1-8-16-39-18-19-40-17-10-9-11-30-12-14-31(15-13-30)41(38,34(36)32-26(4)20-24(2)21-27(32)5)35(37)33-28(6)22-25(3)23-29(33)7/h8,12-15,20-23H,1,9-11,16-19H2,2-7H3. The molecule has 0 saturated carbocycles. The van der Waals surface area contributed by atoms with Crippen molar-refractivity contribution in [2.45, 2.75) is 60.8 Å². The molecule has 0 aliphatic carbocycles. The third-order valence-corrected chi connectivity index (χ3v) is 9.88. The van der Waals surface area contributed by atoms with Crippen molar-refractivity contribution in [2.75, 3.05) is 26.4 Å². The molecule has 0 aromatic heterocycles. The monoisotopic (exact) mass is 574 g/mol. The van der Waals surface area contributed by atoms with Gasteiger partial charge in [-0.1, -0.05) is 65.7 Å². The van der Waals surface area contributed by atoms with E-state index in [1.54, 1.807) is 18.2 Å². The van der Waals surface area contributed by atoms with Gasteiger partial charge in [-0.05, 0) is 88.6 Å². The Hall–Kier alpha value is -3.11. The molecule has 0 amide bonds. The van der Waals surface area contributed by atoms with E-state index in [4.69, 9.17) is 9.47 Å². The van der Waals surface area contributed by atoms with E-state index < -0.39 is 18.2 Å². The van der Waals surface area contributed by atoms with Gasteiger partial charge in [0.2, 0.25) is 18.2 Å². The van der Waals surface area contributed by atoms with Crippen molar-refractivity contribution >= 4 is 23.5 Å². The Morgan fingerprint density at radius 1 is 0.707 bits per heavy atom. The van der Waals surface area contributed by atoms with Gasteiger partial charge in [0.1, 0.15) is 0 Å². The average molecular weight is 575 g/mol. The highest BCUT2D eigenvalue weighted by molar-refractivity contribution is 8.01. The van der Waals surface area contributed by atoms with Gasteiger partial charge in [-0.3, -0.25) is 9.59 Å². The molecule has 0 fully saturated rings. The molecular formula is C35H43O5P. The lowest BCUT2D eigenvalue weighted by Gasteiger charge is -2.21. The molecule has 0 spiro atoms. The highest BCUT2D eigenvalue weighted by Gasteiger charge is 2.44. The molecular weight excluding hydrogens is 531 g/mol. The summed E-state index contributed by atoms with van der Waals surface area (Å²) in [6.45, 7) is 17.2. The van der Waals surface area contributed by atoms with Crippen molar-refractivity contribution in [1.29, 1.82) is 0 Å². The van der Waals surface area contributed by atoms with Gasteiger partial charge in [-0.15, -0.1) is 6.58 Å². The second kappa shape index (κ2) is 14.7. The van der Waals surface area contributed by atoms with Crippen molar-refractivity contribution in [1.82, 2.24) is 0 Å². The van der Waals surface area contributed by atoms with Gasteiger partial charge in [-0.25, -0.2) is 0 Å². The van der Waals surface area contributed by atoms with Crippen LogP contribution in [0.5, 0.6) is 0 Å². The molecule has 5 nitrogen and oxygen atoms in total. The van der Waals surface area contributed by atoms with Crippen LogP contribution in [-0.2, 0) is 20.5 Å². The number of carbonyl (C=O) groups is 2. The molecule has 0 N–H and O–H groups in total. The predicted molar refractivity (Wildman–Crippen MR) is 168 cm³/mol. The van der Waals surface area contributed by atoms with Gasteiger partial charge in [0, 0.05) is 23.0 Å². The fourth-order valence-electron chi connectivity index (χ4n) is 5.47. The van der Waals surface area contributed by atoms with Crippen LogP contribution in [0, 0.1) is 41.5 Å². The Labute approximate surface area is 245 Å². The van der Waals surface area contributed by atoms with Crippen LogP contribution in [0.4, 0.5) is 0 Å². The quantitative estimate of drug-likeness (QED) is 0.105. The maximum Gasteiger partial charge on any atom is 0.248 e. The number of hydrogen-bond donors (Lipinski definition) is 0. The van der Waals surface area contributed by atoms with Crippen molar-refractivity contribution in [3.63, 3.8) is 0 Å². The number of aryl methyl sites for hydroxylation is 7. The highest BCUT2D eigenvalue weighted by atomic mass is 31.2. The average Bonchev–Trinajstić information content (AvgIpc) is 2.90. The smallest absolute Gasteiger partial charge is 0.248 e. The molecule has 0 heterocycles. The van der Waals surface area contributed by atoms with Crippen LogP contribution in [0.2, 0.25) is 0 Å². The number of unbranched alkanes of at least 4 members (excludes halogenated alkanes) is 1. The molecule has 3 aromatic carbocycles. The van der Waals surface area contributed by atoms with E-state index in [9.17, 15) is 9.59 Å². The molecule has 0 unspecified atom stereocenters.